The summed E-state index contributed by atoms with van der Waals surface area (Å²) in [4.78, 5) is 36.1. The van der Waals surface area contributed by atoms with Crippen LogP contribution in [-0.4, -0.2) is 48.1 Å². The number of carbonyl (C=O) groups excluding carboxylic acids is 3. The number of nitrogens with one attached hydrogen (secondary N) is 1. The van der Waals surface area contributed by atoms with Gasteiger partial charge in [-0.15, -0.1) is 6.58 Å². The van der Waals surface area contributed by atoms with E-state index >= 15 is 0 Å². The number of esters is 1. The highest BCUT2D eigenvalue weighted by Crippen LogP contribution is 2.24. The van der Waals surface area contributed by atoms with E-state index in [1.54, 1.807) is 6.92 Å². The molecule has 0 spiro atoms. The van der Waals surface area contributed by atoms with Crippen molar-refractivity contribution >= 4 is 40.7 Å². The molecule has 2 amide bonds. The van der Waals surface area contributed by atoms with Gasteiger partial charge in [0.15, 0.2) is 0 Å². The van der Waals surface area contributed by atoms with Crippen molar-refractivity contribution in [3.8, 4) is 0 Å². The number of thiocarbonyl (C=S) groups is 1. The van der Waals surface area contributed by atoms with Crippen molar-refractivity contribution in [2.75, 3.05) is 18.1 Å². The first kappa shape index (κ1) is 26.1. The summed E-state index contributed by atoms with van der Waals surface area (Å²) in [5.41, 5.74) is 5.90. The monoisotopic (exact) mass is 459 g/mol. The van der Waals surface area contributed by atoms with Crippen LogP contribution in [0.5, 0.6) is 0 Å². The fourth-order valence-corrected chi connectivity index (χ4v) is 2.71. The smallest absolute Gasteiger partial charge is 0.466 e. The number of anilines is 1. The van der Waals surface area contributed by atoms with E-state index in [-0.39, 0.29) is 43.1 Å². The van der Waals surface area contributed by atoms with Crippen LogP contribution in [0.25, 0.3) is 0 Å². The molecule has 0 aliphatic rings. The minimum absolute atomic E-state index is 0.00554. The lowest BCUT2D eigenvalue weighted by Crippen LogP contribution is -2.42. The molecule has 0 aliphatic heterocycles. The number of alkyl halides is 3. The first-order valence-electron chi connectivity index (χ1n) is 9.35. The minimum atomic E-state index is -5.09. The molecule has 11 heteroatoms. The van der Waals surface area contributed by atoms with Crippen LogP contribution in [0.1, 0.15) is 31.7 Å². The number of nitrogens with two attached hydrogens (primary N) is 1. The Balaban J connectivity index is 2.77. The molecule has 1 atom stereocenters. The summed E-state index contributed by atoms with van der Waals surface area (Å²) >= 11 is 4.80. The third-order valence-electron chi connectivity index (χ3n) is 4.06. The average molecular weight is 459 g/mol. The third kappa shape index (κ3) is 8.75. The summed E-state index contributed by atoms with van der Waals surface area (Å²) in [5, 5.41) is 2.54. The van der Waals surface area contributed by atoms with E-state index < -0.39 is 30.0 Å². The molecule has 0 aromatic heterocycles. The number of nitrogens with zero attached hydrogens (tertiary/aromatic N) is 1. The van der Waals surface area contributed by atoms with Crippen molar-refractivity contribution in [3.63, 3.8) is 0 Å². The maximum absolute atomic E-state index is 13.0. The molecule has 170 valence electrons. The van der Waals surface area contributed by atoms with Gasteiger partial charge in [-0.1, -0.05) is 18.3 Å². The highest BCUT2D eigenvalue weighted by molar-refractivity contribution is 7.80. The summed E-state index contributed by atoms with van der Waals surface area (Å²) in [6, 6.07) is 4.74. The van der Waals surface area contributed by atoms with Crippen LogP contribution in [0.3, 0.4) is 0 Å². The molecule has 1 aromatic rings. The second-order valence-electron chi connectivity index (χ2n) is 6.39. The average Bonchev–Trinajstić information content (AvgIpc) is 2.69. The van der Waals surface area contributed by atoms with Gasteiger partial charge >= 0.3 is 18.1 Å². The van der Waals surface area contributed by atoms with Crippen LogP contribution in [0.4, 0.5) is 18.9 Å². The lowest BCUT2D eigenvalue weighted by molar-refractivity contribution is -0.170. The Kier molecular flexibility index (Phi) is 10.1. The highest BCUT2D eigenvalue weighted by atomic mass is 32.1. The molecular formula is C20H24F3N3O4S. The normalized spacial score (nSPS) is 11.9. The van der Waals surface area contributed by atoms with Crippen molar-refractivity contribution in [2.24, 2.45) is 5.73 Å². The SMILES string of the molecule is C=C[C@H](CC(=O)OCC)NC(=O)CCCN(C(=O)C(F)(F)F)c1ccc(C(N)=S)cc1. The quantitative estimate of drug-likeness (QED) is 0.300. The Hall–Kier alpha value is -2.95. The fraction of sp³-hybridized carbons (Fsp3) is 0.400. The van der Waals surface area contributed by atoms with Gasteiger partial charge in [-0.25, -0.2) is 0 Å². The number of rotatable bonds is 11. The zero-order valence-electron chi connectivity index (χ0n) is 16.9. The first-order valence-corrected chi connectivity index (χ1v) is 9.76. The number of ether oxygens (including phenoxy) is 1. The lowest BCUT2D eigenvalue weighted by atomic mass is 10.1. The van der Waals surface area contributed by atoms with Crippen LogP contribution in [0.2, 0.25) is 0 Å². The maximum Gasteiger partial charge on any atom is 0.471 e. The van der Waals surface area contributed by atoms with Gasteiger partial charge in [-0.05, 0) is 37.6 Å². The number of hydrogen-bond donors (Lipinski definition) is 2. The molecule has 0 bridgehead atoms. The Morgan fingerprint density at radius 1 is 1.29 bits per heavy atom. The Bertz CT molecular complexity index is 813. The summed E-state index contributed by atoms with van der Waals surface area (Å²) in [5.74, 6) is -3.07. The number of hydrogen-bond acceptors (Lipinski definition) is 5. The predicted octanol–water partition coefficient (Wildman–Crippen LogP) is 2.62. The molecular weight excluding hydrogens is 435 g/mol. The summed E-state index contributed by atoms with van der Waals surface area (Å²) < 4.78 is 43.8. The number of benzene rings is 1. The van der Waals surface area contributed by atoms with E-state index in [9.17, 15) is 27.6 Å². The number of amides is 2. The van der Waals surface area contributed by atoms with Gasteiger partial charge in [0.25, 0.3) is 0 Å². The van der Waals surface area contributed by atoms with Crippen molar-refractivity contribution in [1.82, 2.24) is 5.32 Å². The van der Waals surface area contributed by atoms with Crippen molar-refractivity contribution in [3.05, 3.63) is 42.5 Å². The zero-order valence-corrected chi connectivity index (χ0v) is 17.7. The molecule has 0 unspecified atom stereocenters. The number of carbonyl (C=O) groups is 3. The second-order valence-corrected chi connectivity index (χ2v) is 6.83. The Morgan fingerprint density at radius 3 is 2.39 bits per heavy atom. The molecule has 0 radical (unpaired) electrons. The molecule has 7 nitrogen and oxygen atoms in total. The van der Waals surface area contributed by atoms with Gasteiger partial charge in [0.1, 0.15) is 4.99 Å². The largest absolute Gasteiger partial charge is 0.471 e. The third-order valence-corrected chi connectivity index (χ3v) is 4.30. The molecule has 0 saturated heterocycles. The van der Waals surface area contributed by atoms with E-state index in [4.69, 9.17) is 22.7 Å². The van der Waals surface area contributed by atoms with Crippen molar-refractivity contribution in [1.29, 1.82) is 0 Å². The molecule has 3 N–H and O–H groups in total. The van der Waals surface area contributed by atoms with Crippen LogP contribution < -0.4 is 16.0 Å². The molecule has 1 rings (SSSR count). The van der Waals surface area contributed by atoms with E-state index in [0.29, 0.717) is 10.5 Å². The van der Waals surface area contributed by atoms with Gasteiger partial charge in [0.2, 0.25) is 5.91 Å². The van der Waals surface area contributed by atoms with Gasteiger partial charge in [-0.3, -0.25) is 14.4 Å². The fourth-order valence-electron chi connectivity index (χ4n) is 2.58. The van der Waals surface area contributed by atoms with Gasteiger partial charge in [0, 0.05) is 24.2 Å². The first-order chi connectivity index (χ1) is 14.5. The predicted molar refractivity (Wildman–Crippen MR) is 113 cm³/mol. The Morgan fingerprint density at radius 2 is 1.90 bits per heavy atom. The molecule has 31 heavy (non-hydrogen) atoms. The van der Waals surface area contributed by atoms with Gasteiger partial charge in [-0.2, -0.15) is 13.2 Å². The van der Waals surface area contributed by atoms with Gasteiger partial charge < -0.3 is 20.7 Å². The Labute approximate surface area is 183 Å². The molecule has 0 heterocycles. The van der Waals surface area contributed by atoms with Crippen LogP contribution in [0, 0.1) is 0 Å². The van der Waals surface area contributed by atoms with Crippen LogP contribution >= 0.6 is 12.2 Å². The minimum Gasteiger partial charge on any atom is -0.466 e. The second kappa shape index (κ2) is 12.0. The molecule has 0 fully saturated rings. The van der Waals surface area contributed by atoms with Crippen LogP contribution in [0.15, 0.2) is 36.9 Å². The van der Waals surface area contributed by atoms with E-state index in [1.165, 1.54) is 30.3 Å². The van der Waals surface area contributed by atoms with E-state index in [2.05, 4.69) is 11.9 Å². The highest BCUT2D eigenvalue weighted by Gasteiger charge is 2.42. The topological polar surface area (TPSA) is 102 Å². The van der Waals surface area contributed by atoms with Crippen LogP contribution in [-0.2, 0) is 19.1 Å². The summed E-state index contributed by atoms with van der Waals surface area (Å²) in [6.45, 7) is 5.01. The number of halogens is 3. The van der Waals surface area contributed by atoms with Gasteiger partial charge in [0.05, 0.1) is 19.1 Å². The van der Waals surface area contributed by atoms with E-state index in [0.717, 1.165) is 0 Å². The molecule has 0 aliphatic carbocycles. The molecule has 1 aromatic carbocycles. The van der Waals surface area contributed by atoms with E-state index in [1.807, 2.05) is 0 Å². The van der Waals surface area contributed by atoms with Crippen molar-refractivity contribution in [2.45, 2.75) is 38.4 Å². The standard InChI is InChI=1S/C20H24F3N3O4S/c1-3-14(12-17(28)30-4-2)25-16(27)6-5-11-26(19(29)20(21,22)23)15-9-7-13(8-10-15)18(24)31/h3,7-10,14H,1,4-6,11-12H2,2H3,(H2,24,31)(H,25,27)/t14-/m1/s1. The summed E-state index contributed by atoms with van der Waals surface area (Å²) in [6.07, 6.45) is -4.06. The summed E-state index contributed by atoms with van der Waals surface area (Å²) in [7, 11) is 0. The molecule has 0 saturated carbocycles. The zero-order chi connectivity index (χ0) is 23.6. The van der Waals surface area contributed by atoms with Crippen molar-refractivity contribution < 1.29 is 32.3 Å². The lowest BCUT2D eigenvalue weighted by Gasteiger charge is -2.24. The maximum atomic E-state index is 13.0.